The summed E-state index contributed by atoms with van der Waals surface area (Å²) < 4.78 is 27.6. The normalized spacial score (nSPS) is 27.7. The molecule has 0 bridgehead atoms. The molecule has 2 heterocycles. The van der Waals surface area contributed by atoms with Gasteiger partial charge in [0.1, 0.15) is 5.25 Å². The standard InChI is InChI=1S/C19H30N4O3S/c1-14-17(15(2)21-20-14)27(25,26)23-12-10-22(11-13-23)18(24)19(3,4)16-8-6-5-7-9-16/h5-9,14-15,17,20-21H,10-13H2,1-4H3. The molecule has 2 N–H and O–H groups in total. The van der Waals surface area contributed by atoms with Crippen molar-refractivity contribution in [2.24, 2.45) is 0 Å². The molecule has 2 saturated heterocycles. The van der Waals surface area contributed by atoms with E-state index in [0.717, 1.165) is 5.56 Å². The van der Waals surface area contributed by atoms with Gasteiger partial charge in [0.25, 0.3) is 0 Å². The minimum Gasteiger partial charge on any atom is -0.339 e. The molecule has 0 aliphatic carbocycles. The lowest BCUT2D eigenvalue weighted by Crippen LogP contribution is -2.57. The summed E-state index contributed by atoms with van der Waals surface area (Å²) in [5, 5.41) is -0.500. The van der Waals surface area contributed by atoms with Gasteiger partial charge >= 0.3 is 0 Å². The summed E-state index contributed by atoms with van der Waals surface area (Å²) in [4.78, 5) is 14.9. The van der Waals surface area contributed by atoms with Crippen LogP contribution in [0, 0.1) is 0 Å². The fraction of sp³-hybridized carbons (Fsp3) is 0.632. The average Bonchev–Trinajstić information content (AvgIpc) is 3.01. The predicted octanol–water partition coefficient (Wildman–Crippen LogP) is 0.692. The van der Waals surface area contributed by atoms with E-state index in [9.17, 15) is 13.2 Å². The lowest BCUT2D eigenvalue weighted by atomic mass is 9.83. The van der Waals surface area contributed by atoms with E-state index in [-0.39, 0.29) is 18.0 Å². The van der Waals surface area contributed by atoms with Crippen molar-refractivity contribution >= 4 is 15.9 Å². The zero-order chi connectivity index (χ0) is 19.8. The number of piperazine rings is 1. The Hall–Kier alpha value is -1.48. The molecule has 0 spiro atoms. The Labute approximate surface area is 162 Å². The number of nitrogens with one attached hydrogen (secondary N) is 2. The van der Waals surface area contributed by atoms with Crippen LogP contribution in [0.2, 0.25) is 0 Å². The van der Waals surface area contributed by atoms with Crippen molar-refractivity contribution in [1.82, 2.24) is 20.1 Å². The topological polar surface area (TPSA) is 81.8 Å². The molecular weight excluding hydrogens is 364 g/mol. The monoisotopic (exact) mass is 394 g/mol. The molecule has 1 amide bonds. The predicted molar refractivity (Wildman–Crippen MR) is 106 cm³/mol. The van der Waals surface area contributed by atoms with Gasteiger partial charge in [0.2, 0.25) is 15.9 Å². The highest BCUT2D eigenvalue weighted by Gasteiger charge is 2.45. The number of hydrogen-bond acceptors (Lipinski definition) is 5. The van der Waals surface area contributed by atoms with Gasteiger partial charge in [0, 0.05) is 38.3 Å². The van der Waals surface area contributed by atoms with Gasteiger partial charge < -0.3 is 4.90 Å². The molecule has 0 radical (unpaired) electrons. The third kappa shape index (κ3) is 3.76. The number of sulfonamides is 1. The largest absolute Gasteiger partial charge is 0.339 e. The summed E-state index contributed by atoms with van der Waals surface area (Å²) in [7, 11) is -3.43. The molecular formula is C19H30N4O3S. The first-order valence-electron chi connectivity index (χ1n) is 9.50. The van der Waals surface area contributed by atoms with Crippen LogP contribution >= 0.6 is 0 Å². The van der Waals surface area contributed by atoms with Crippen LogP contribution in [0.4, 0.5) is 0 Å². The van der Waals surface area contributed by atoms with Gasteiger partial charge in [0.15, 0.2) is 0 Å². The van der Waals surface area contributed by atoms with Gasteiger partial charge in [-0.1, -0.05) is 30.3 Å². The third-order valence-electron chi connectivity index (χ3n) is 5.78. The molecule has 2 atom stereocenters. The first-order chi connectivity index (χ1) is 12.7. The van der Waals surface area contributed by atoms with E-state index in [1.807, 2.05) is 58.0 Å². The lowest BCUT2D eigenvalue weighted by Gasteiger charge is -2.39. The Balaban J connectivity index is 1.67. The fourth-order valence-electron chi connectivity index (χ4n) is 4.07. The van der Waals surface area contributed by atoms with Gasteiger partial charge in [-0.2, -0.15) is 4.31 Å². The van der Waals surface area contributed by atoms with Crippen LogP contribution in [-0.4, -0.2) is 67.0 Å². The van der Waals surface area contributed by atoms with E-state index in [0.29, 0.717) is 26.2 Å². The maximum Gasteiger partial charge on any atom is 0.232 e. The number of amides is 1. The first kappa shape index (κ1) is 20.3. The lowest BCUT2D eigenvalue weighted by molar-refractivity contribution is -0.137. The van der Waals surface area contributed by atoms with Crippen molar-refractivity contribution < 1.29 is 13.2 Å². The van der Waals surface area contributed by atoms with E-state index in [2.05, 4.69) is 10.9 Å². The summed E-state index contributed by atoms with van der Waals surface area (Å²) >= 11 is 0. The van der Waals surface area contributed by atoms with Crippen LogP contribution in [0.15, 0.2) is 30.3 Å². The van der Waals surface area contributed by atoms with Gasteiger partial charge in [-0.05, 0) is 33.3 Å². The molecule has 8 heteroatoms. The second-order valence-electron chi connectivity index (χ2n) is 8.06. The van der Waals surface area contributed by atoms with E-state index in [4.69, 9.17) is 0 Å². The number of carbonyl (C=O) groups is 1. The van der Waals surface area contributed by atoms with Crippen LogP contribution < -0.4 is 10.9 Å². The maximum absolute atomic E-state index is 13.1. The minimum absolute atomic E-state index is 0.0386. The van der Waals surface area contributed by atoms with Gasteiger partial charge in [-0.3, -0.25) is 15.6 Å². The summed E-state index contributed by atoms with van der Waals surface area (Å²) in [6, 6.07) is 9.41. The molecule has 2 unspecified atom stereocenters. The number of hydrogen-bond donors (Lipinski definition) is 2. The Morgan fingerprint density at radius 3 is 2.04 bits per heavy atom. The zero-order valence-corrected chi connectivity index (χ0v) is 17.3. The second-order valence-corrected chi connectivity index (χ2v) is 10.1. The molecule has 150 valence electrons. The van der Waals surface area contributed by atoms with Crippen molar-refractivity contribution in [1.29, 1.82) is 0 Å². The highest BCUT2D eigenvalue weighted by atomic mass is 32.2. The highest BCUT2D eigenvalue weighted by molar-refractivity contribution is 7.89. The van der Waals surface area contributed by atoms with Gasteiger partial charge in [-0.25, -0.2) is 8.42 Å². The molecule has 3 rings (SSSR count). The van der Waals surface area contributed by atoms with Gasteiger partial charge in [0.05, 0.1) is 5.41 Å². The number of nitrogens with zero attached hydrogens (tertiary/aromatic N) is 2. The Bertz CT molecular complexity index is 763. The summed E-state index contributed by atoms with van der Waals surface area (Å²) in [5.41, 5.74) is 6.35. The van der Waals surface area contributed by atoms with Crippen LogP contribution in [0.1, 0.15) is 33.3 Å². The van der Waals surface area contributed by atoms with Crippen LogP contribution in [-0.2, 0) is 20.2 Å². The molecule has 7 nitrogen and oxygen atoms in total. The zero-order valence-electron chi connectivity index (χ0n) is 16.5. The molecule has 1 aromatic rings. The number of rotatable bonds is 4. The third-order valence-corrected chi connectivity index (χ3v) is 8.37. The quantitative estimate of drug-likeness (QED) is 0.785. The Morgan fingerprint density at radius 1 is 1.00 bits per heavy atom. The van der Waals surface area contributed by atoms with Crippen molar-refractivity contribution in [3.63, 3.8) is 0 Å². The average molecular weight is 395 g/mol. The van der Waals surface area contributed by atoms with E-state index in [1.54, 1.807) is 9.21 Å². The highest BCUT2D eigenvalue weighted by Crippen LogP contribution is 2.27. The molecule has 2 aliphatic rings. The fourth-order valence-corrected chi connectivity index (χ4v) is 6.25. The smallest absolute Gasteiger partial charge is 0.232 e. The van der Waals surface area contributed by atoms with Crippen LogP contribution in [0.5, 0.6) is 0 Å². The summed E-state index contributed by atoms with van der Waals surface area (Å²) in [6.45, 7) is 9.13. The van der Waals surface area contributed by atoms with Crippen molar-refractivity contribution in [2.75, 3.05) is 26.2 Å². The van der Waals surface area contributed by atoms with Crippen molar-refractivity contribution in [3.05, 3.63) is 35.9 Å². The molecule has 27 heavy (non-hydrogen) atoms. The number of benzene rings is 1. The first-order valence-corrected chi connectivity index (χ1v) is 11.0. The number of hydrazine groups is 1. The van der Waals surface area contributed by atoms with Gasteiger partial charge in [-0.15, -0.1) is 0 Å². The number of carbonyl (C=O) groups excluding carboxylic acids is 1. The summed E-state index contributed by atoms with van der Waals surface area (Å²) in [5.74, 6) is 0.0386. The summed E-state index contributed by atoms with van der Waals surface area (Å²) in [6.07, 6.45) is 0. The molecule has 2 fully saturated rings. The molecule has 0 aromatic heterocycles. The SMILES string of the molecule is CC1NNC(C)C1S(=O)(=O)N1CCN(C(=O)C(C)(C)c2ccccc2)CC1. The molecule has 2 aliphatic heterocycles. The van der Waals surface area contributed by atoms with Crippen molar-refractivity contribution in [3.8, 4) is 0 Å². The second kappa shape index (κ2) is 7.50. The molecule has 1 aromatic carbocycles. The molecule has 0 saturated carbocycles. The Kier molecular flexibility index (Phi) is 5.63. The van der Waals surface area contributed by atoms with Crippen LogP contribution in [0.3, 0.4) is 0 Å². The van der Waals surface area contributed by atoms with Crippen molar-refractivity contribution in [2.45, 2.75) is 50.4 Å². The van der Waals surface area contributed by atoms with E-state index >= 15 is 0 Å². The van der Waals surface area contributed by atoms with E-state index < -0.39 is 20.7 Å². The van der Waals surface area contributed by atoms with Crippen LogP contribution in [0.25, 0.3) is 0 Å². The minimum atomic E-state index is -3.43. The maximum atomic E-state index is 13.1. The Morgan fingerprint density at radius 2 is 1.52 bits per heavy atom. The van der Waals surface area contributed by atoms with E-state index in [1.165, 1.54) is 0 Å².